The van der Waals surface area contributed by atoms with E-state index in [-0.39, 0.29) is 11.3 Å². The number of carbonyl (C=O) groups is 2. The van der Waals surface area contributed by atoms with E-state index in [1.807, 2.05) is 0 Å². The molecule has 1 fully saturated rings. The first-order valence-corrected chi connectivity index (χ1v) is 7.13. The van der Waals surface area contributed by atoms with Gasteiger partial charge in [0.25, 0.3) is 0 Å². The van der Waals surface area contributed by atoms with E-state index < -0.39 is 23.7 Å². The molecule has 116 valence electrons. The van der Waals surface area contributed by atoms with Gasteiger partial charge in [-0.15, -0.1) is 0 Å². The first-order chi connectivity index (χ1) is 8.91. The molecule has 1 amide bonds. The smallest absolute Gasteiger partial charge is 0.411 e. The number of amides is 1. The van der Waals surface area contributed by atoms with Gasteiger partial charge < -0.3 is 9.84 Å². The van der Waals surface area contributed by atoms with E-state index in [0.29, 0.717) is 13.0 Å². The molecule has 0 bridgehead atoms. The van der Waals surface area contributed by atoms with Crippen molar-refractivity contribution in [1.29, 1.82) is 0 Å². The second-order valence-corrected chi connectivity index (χ2v) is 7.77. The number of carboxylic acid groups (broad SMARTS) is 1. The lowest BCUT2D eigenvalue weighted by Crippen LogP contribution is -2.46. The number of hydrogen-bond acceptors (Lipinski definition) is 3. The molecule has 2 atom stereocenters. The van der Waals surface area contributed by atoms with Crippen LogP contribution in [-0.4, -0.2) is 40.3 Å². The molecule has 1 N–H and O–H groups in total. The molecule has 0 aliphatic carbocycles. The zero-order chi connectivity index (χ0) is 15.7. The number of likely N-dealkylation sites (tertiary alicyclic amines) is 1. The Morgan fingerprint density at radius 2 is 1.75 bits per heavy atom. The largest absolute Gasteiger partial charge is 0.480 e. The standard InChI is InChI=1S/C15H27NO4/c1-14(2,3)9-10-7-8-16(11(10)12(17)18)13(19)20-15(4,5)6/h10-11H,7-9H2,1-6H3,(H,17,18)/t10-,11+/m1/s1. The summed E-state index contributed by atoms with van der Waals surface area (Å²) in [6.07, 6.45) is 0.970. The molecule has 1 aliphatic rings. The fourth-order valence-corrected chi connectivity index (χ4v) is 2.72. The van der Waals surface area contributed by atoms with Gasteiger partial charge in [-0.3, -0.25) is 4.90 Å². The van der Waals surface area contributed by atoms with Gasteiger partial charge in [-0.25, -0.2) is 9.59 Å². The molecule has 1 aliphatic heterocycles. The lowest BCUT2D eigenvalue weighted by atomic mass is 9.81. The minimum Gasteiger partial charge on any atom is -0.480 e. The molecule has 1 rings (SSSR count). The van der Waals surface area contributed by atoms with Gasteiger partial charge in [-0.05, 0) is 44.9 Å². The maximum absolute atomic E-state index is 12.1. The molecule has 0 aromatic carbocycles. The van der Waals surface area contributed by atoms with Crippen molar-refractivity contribution >= 4 is 12.1 Å². The maximum atomic E-state index is 12.1. The van der Waals surface area contributed by atoms with E-state index in [1.165, 1.54) is 4.90 Å². The van der Waals surface area contributed by atoms with Crippen LogP contribution in [0.1, 0.15) is 54.4 Å². The summed E-state index contributed by atoms with van der Waals surface area (Å²) in [6, 6.07) is -0.774. The molecular weight excluding hydrogens is 258 g/mol. The fraction of sp³-hybridized carbons (Fsp3) is 0.867. The summed E-state index contributed by atoms with van der Waals surface area (Å²) in [5.41, 5.74) is -0.565. The lowest BCUT2D eigenvalue weighted by molar-refractivity contribution is -0.143. The number of aliphatic carboxylic acids is 1. The van der Waals surface area contributed by atoms with Gasteiger partial charge in [0.15, 0.2) is 0 Å². The summed E-state index contributed by atoms with van der Waals surface area (Å²) in [4.78, 5) is 25.0. The summed E-state index contributed by atoms with van der Waals surface area (Å²) < 4.78 is 5.30. The van der Waals surface area contributed by atoms with Crippen LogP contribution in [0.2, 0.25) is 0 Å². The van der Waals surface area contributed by atoms with Crippen LogP contribution in [0.15, 0.2) is 0 Å². The maximum Gasteiger partial charge on any atom is 0.411 e. The molecular formula is C15H27NO4. The number of carboxylic acids is 1. The number of nitrogens with zero attached hydrogens (tertiary/aromatic N) is 1. The first kappa shape index (κ1) is 16.8. The van der Waals surface area contributed by atoms with Crippen molar-refractivity contribution in [3.8, 4) is 0 Å². The van der Waals surface area contributed by atoms with E-state index >= 15 is 0 Å². The van der Waals surface area contributed by atoms with Crippen molar-refractivity contribution < 1.29 is 19.4 Å². The molecule has 1 heterocycles. The average Bonchev–Trinajstić information content (AvgIpc) is 2.55. The third kappa shape index (κ3) is 4.69. The summed E-state index contributed by atoms with van der Waals surface area (Å²) in [7, 11) is 0. The van der Waals surface area contributed by atoms with Crippen LogP contribution in [0.25, 0.3) is 0 Å². The second kappa shape index (κ2) is 5.62. The van der Waals surface area contributed by atoms with E-state index in [9.17, 15) is 14.7 Å². The molecule has 20 heavy (non-hydrogen) atoms. The Morgan fingerprint density at radius 3 is 2.15 bits per heavy atom. The van der Waals surface area contributed by atoms with Crippen molar-refractivity contribution in [1.82, 2.24) is 4.90 Å². The summed E-state index contributed by atoms with van der Waals surface area (Å²) in [6.45, 7) is 12.1. The monoisotopic (exact) mass is 285 g/mol. The molecule has 5 nitrogen and oxygen atoms in total. The topological polar surface area (TPSA) is 66.8 Å². The Morgan fingerprint density at radius 1 is 1.20 bits per heavy atom. The normalized spacial score (nSPS) is 23.8. The van der Waals surface area contributed by atoms with Crippen molar-refractivity contribution in [3.63, 3.8) is 0 Å². The molecule has 0 spiro atoms. The van der Waals surface area contributed by atoms with Crippen LogP contribution in [0.5, 0.6) is 0 Å². The Labute approximate surface area is 121 Å². The van der Waals surface area contributed by atoms with E-state index in [2.05, 4.69) is 20.8 Å². The van der Waals surface area contributed by atoms with Crippen LogP contribution in [0.3, 0.4) is 0 Å². The van der Waals surface area contributed by atoms with Gasteiger partial charge in [-0.1, -0.05) is 20.8 Å². The minimum absolute atomic E-state index is 0.0139. The van der Waals surface area contributed by atoms with Gasteiger partial charge in [0.1, 0.15) is 11.6 Å². The number of carbonyl (C=O) groups excluding carboxylic acids is 1. The summed E-state index contributed by atoms with van der Waals surface area (Å²) in [5.74, 6) is -0.956. The first-order valence-electron chi connectivity index (χ1n) is 7.13. The SMILES string of the molecule is CC(C)(C)C[C@H]1CCN(C(=O)OC(C)(C)C)[C@@H]1C(=O)O. The predicted molar refractivity (Wildman–Crippen MR) is 76.5 cm³/mol. The lowest BCUT2D eigenvalue weighted by Gasteiger charge is -2.30. The van der Waals surface area contributed by atoms with Gasteiger partial charge in [0, 0.05) is 6.54 Å². The molecule has 1 saturated heterocycles. The molecule has 5 heteroatoms. The van der Waals surface area contributed by atoms with Crippen LogP contribution in [0, 0.1) is 11.3 Å². The third-order valence-corrected chi connectivity index (χ3v) is 3.28. The highest BCUT2D eigenvalue weighted by molar-refractivity contribution is 5.81. The van der Waals surface area contributed by atoms with Gasteiger partial charge in [0.2, 0.25) is 0 Å². The molecule has 0 aromatic rings. The number of rotatable bonds is 2. The van der Waals surface area contributed by atoms with Gasteiger partial charge in [0.05, 0.1) is 0 Å². The highest BCUT2D eigenvalue weighted by atomic mass is 16.6. The zero-order valence-electron chi connectivity index (χ0n) is 13.4. The fourth-order valence-electron chi connectivity index (χ4n) is 2.72. The highest BCUT2D eigenvalue weighted by Crippen LogP contribution is 2.35. The van der Waals surface area contributed by atoms with Crippen molar-refractivity contribution in [2.75, 3.05) is 6.54 Å². The van der Waals surface area contributed by atoms with Crippen molar-refractivity contribution in [3.05, 3.63) is 0 Å². The number of ether oxygens (including phenoxy) is 1. The predicted octanol–water partition coefficient (Wildman–Crippen LogP) is 3.13. The zero-order valence-corrected chi connectivity index (χ0v) is 13.4. The average molecular weight is 285 g/mol. The van der Waals surface area contributed by atoms with E-state index in [4.69, 9.17) is 4.74 Å². The Kier molecular flexibility index (Phi) is 4.72. The molecule has 0 aromatic heterocycles. The van der Waals surface area contributed by atoms with Crippen LogP contribution >= 0.6 is 0 Å². The minimum atomic E-state index is -0.942. The van der Waals surface area contributed by atoms with Crippen molar-refractivity contribution in [2.24, 2.45) is 11.3 Å². The molecule has 0 saturated carbocycles. The van der Waals surface area contributed by atoms with Crippen LogP contribution in [0.4, 0.5) is 4.79 Å². The van der Waals surface area contributed by atoms with Crippen LogP contribution in [-0.2, 0) is 9.53 Å². The highest BCUT2D eigenvalue weighted by Gasteiger charge is 2.44. The molecule has 0 unspecified atom stereocenters. The molecule has 0 radical (unpaired) electrons. The third-order valence-electron chi connectivity index (χ3n) is 3.28. The van der Waals surface area contributed by atoms with E-state index in [1.54, 1.807) is 20.8 Å². The van der Waals surface area contributed by atoms with Gasteiger partial charge in [-0.2, -0.15) is 0 Å². The number of hydrogen-bond donors (Lipinski definition) is 1. The summed E-state index contributed by atoms with van der Waals surface area (Å²) >= 11 is 0. The quantitative estimate of drug-likeness (QED) is 0.846. The summed E-state index contributed by atoms with van der Waals surface area (Å²) in [5, 5.41) is 9.45. The Hall–Kier alpha value is -1.26. The van der Waals surface area contributed by atoms with E-state index in [0.717, 1.165) is 6.42 Å². The Bertz CT molecular complexity index is 378. The van der Waals surface area contributed by atoms with Gasteiger partial charge >= 0.3 is 12.1 Å². The second-order valence-electron chi connectivity index (χ2n) is 7.77. The Balaban J connectivity index is 2.83. The van der Waals surface area contributed by atoms with Crippen LogP contribution < -0.4 is 0 Å². The van der Waals surface area contributed by atoms with Crippen molar-refractivity contribution in [2.45, 2.75) is 66.0 Å².